The summed E-state index contributed by atoms with van der Waals surface area (Å²) in [5, 5.41) is 22.4. The zero-order chi connectivity index (χ0) is 6.28. The maximum Gasteiger partial charge on any atom is 1.00 e. The van der Waals surface area contributed by atoms with E-state index in [1.54, 1.807) is 0 Å². The Kier molecular flexibility index (Phi) is 30.9. The summed E-state index contributed by atoms with van der Waals surface area (Å²) in [5.74, 6) is 0. The molecule has 0 radical (unpaired) electrons. The van der Waals surface area contributed by atoms with Crippen LogP contribution in [0.3, 0.4) is 0 Å². The summed E-state index contributed by atoms with van der Waals surface area (Å²) >= 11 is 3.70. The topological polar surface area (TPSA) is 81.3 Å². The molecule has 0 aliphatic heterocycles. The minimum atomic E-state index is -1.83. The van der Waals surface area contributed by atoms with E-state index in [0.29, 0.717) is 0 Å². The van der Waals surface area contributed by atoms with Crippen molar-refractivity contribution in [1.29, 1.82) is 5.26 Å². The molecule has 6 heteroatoms. The first-order valence-corrected chi connectivity index (χ1v) is 1.49. The molecule has 0 aliphatic rings. The van der Waals surface area contributed by atoms with Gasteiger partial charge in [0, 0.05) is 0 Å². The number of hydrogen-bond acceptors (Lipinski definition) is 3. The van der Waals surface area contributed by atoms with Crippen LogP contribution in [-0.2, 0) is 12.6 Å². The molecule has 4 nitrogen and oxygen atoms in total. The van der Waals surface area contributed by atoms with Crippen molar-refractivity contribution in [3.63, 3.8) is 0 Å². The standard InChI is InChI=1S/CHNS.CH2O3.Na/c2-1-3;2-1(3)4;/h3H;(H2,2,3,4);/q;;+1/p-1. The van der Waals surface area contributed by atoms with Crippen molar-refractivity contribution in [2.75, 3.05) is 0 Å². The van der Waals surface area contributed by atoms with Crippen LogP contribution in [0, 0.1) is 10.7 Å². The molecule has 0 aromatic carbocycles. The largest absolute Gasteiger partial charge is 1.00 e. The Hall–Kier alpha value is -0.0200. The molecule has 0 unspecified atom stereocenters. The van der Waals surface area contributed by atoms with E-state index in [1.807, 2.05) is 0 Å². The van der Waals surface area contributed by atoms with E-state index in [4.69, 9.17) is 20.3 Å². The van der Waals surface area contributed by atoms with E-state index in [0.717, 1.165) is 0 Å². The van der Waals surface area contributed by atoms with E-state index in [1.165, 1.54) is 5.40 Å². The van der Waals surface area contributed by atoms with Crippen molar-refractivity contribution in [3.05, 3.63) is 0 Å². The number of carboxylic acid groups (broad SMARTS) is 2. The zero-order valence-corrected chi connectivity index (χ0v) is 6.97. The third-order valence-electron chi connectivity index (χ3n) is 0. The average molecular weight is 143 g/mol. The molecule has 0 rings (SSSR count). The Labute approximate surface area is 73.8 Å². The van der Waals surface area contributed by atoms with E-state index in [2.05, 4.69) is 12.6 Å². The maximum atomic E-state index is 8.56. The van der Waals surface area contributed by atoms with Gasteiger partial charge in [0.2, 0.25) is 0 Å². The van der Waals surface area contributed by atoms with Gasteiger partial charge in [-0.1, -0.05) is 5.40 Å². The fourth-order valence-corrected chi connectivity index (χ4v) is 0. The van der Waals surface area contributed by atoms with Gasteiger partial charge >= 0.3 is 35.7 Å². The van der Waals surface area contributed by atoms with Gasteiger partial charge in [-0.3, -0.25) is 0 Å². The second-order valence-electron chi connectivity index (χ2n) is 0.374. The van der Waals surface area contributed by atoms with Gasteiger partial charge in [-0.2, -0.15) is 0 Å². The average Bonchev–Trinajstić information content (AvgIpc) is 1.33. The Morgan fingerprint density at radius 3 is 1.62 bits per heavy atom. The van der Waals surface area contributed by atoms with Gasteiger partial charge in [0.05, 0.1) is 0 Å². The zero-order valence-electron chi connectivity index (χ0n) is 4.16. The summed E-state index contributed by atoms with van der Waals surface area (Å²) in [6.07, 6.45) is -1.83. The van der Waals surface area contributed by atoms with Crippen molar-refractivity contribution in [3.8, 4) is 5.40 Å². The van der Waals surface area contributed by atoms with Gasteiger partial charge in [0.15, 0.2) is 0 Å². The number of nitriles is 1. The number of rotatable bonds is 0. The van der Waals surface area contributed by atoms with Gasteiger partial charge in [-0.25, -0.2) is 10.1 Å². The second kappa shape index (κ2) is 15.8. The Morgan fingerprint density at radius 2 is 1.62 bits per heavy atom. The molecule has 40 valence electrons. The summed E-state index contributed by atoms with van der Waals surface area (Å²) in [7, 11) is 0. The maximum absolute atomic E-state index is 8.56. The van der Waals surface area contributed by atoms with Crippen LogP contribution < -0.4 is 29.6 Å². The first-order chi connectivity index (χ1) is 3.15. The predicted octanol–water partition coefficient (Wildman–Crippen LogP) is -2.76. The third-order valence-corrected chi connectivity index (χ3v) is 0. The Bertz CT molecular complexity index is 85.8. The fourth-order valence-electron chi connectivity index (χ4n) is 0. The van der Waals surface area contributed by atoms with Crippen LogP contribution in [0.25, 0.3) is 0 Å². The first kappa shape index (κ1) is 15.7. The molecule has 0 saturated heterocycles. The van der Waals surface area contributed by atoms with Crippen LogP contribution in [0.2, 0.25) is 0 Å². The molecular weight excluding hydrogens is 141 g/mol. The molecular formula is C2H2NNaO3S. The number of nitrogens with zero attached hydrogens (tertiary/aromatic N) is 1. The monoisotopic (exact) mass is 143 g/mol. The smallest absolute Gasteiger partial charge is 0.696 e. The summed E-state index contributed by atoms with van der Waals surface area (Å²) in [6, 6.07) is 0. The quantitative estimate of drug-likeness (QED) is 0.218. The van der Waals surface area contributed by atoms with Crippen LogP contribution >= 0.6 is 0 Å². The molecule has 0 aliphatic carbocycles. The molecule has 0 aromatic heterocycles. The van der Waals surface area contributed by atoms with Gasteiger partial charge in [-0.15, -0.1) is 0 Å². The Balaban J connectivity index is -0.0000000575. The molecule has 0 aromatic rings. The number of thiocyanates is 1. The van der Waals surface area contributed by atoms with Gasteiger partial charge in [0.1, 0.15) is 0 Å². The predicted molar refractivity (Wildman–Crippen MR) is 23.6 cm³/mol. The molecule has 0 heterocycles. The van der Waals surface area contributed by atoms with Crippen LogP contribution in [0.1, 0.15) is 0 Å². The molecule has 8 heavy (non-hydrogen) atoms. The number of hydrogen-bond donors (Lipinski definition) is 2. The molecule has 0 saturated carbocycles. The first-order valence-electron chi connectivity index (χ1n) is 1.08. The van der Waals surface area contributed by atoms with Crippen molar-refractivity contribution in [2.45, 2.75) is 0 Å². The van der Waals surface area contributed by atoms with Crippen LogP contribution in [0.15, 0.2) is 0 Å². The third kappa shape index (κ3) is 371000. The van der Waals surface area contributed by atoms with E-state index >= 15 is 0 Å². The summed E-state index contributed by atoms with van der Waals surface area (Å²) in [5.41, 5.74) is 0. The summed E-state index contributed by atoms with van der Waals surface area (Å²) in [6.45, 7) is 0. The van der Waals surface area contributed by atoms with E-state index in [-0.39, 0.29) is 29.6 Å². The second-order valence-corrected chi connectivity index (χ2v) is 0.556. The molecule has 0 amide bonds. The van der Waals surface area contributed by atoms with Crippen molar-refractivity contribution < 1.29 is 44.6 Å². The molecule has 0 atom stereocenters. The van der Waals surface area contributed by atoms with Crippen LogP contribution in [0.4, 0.5) is 4.79 Å². The minimum Gasteiger partial charge on any atom is -0.696 e. The number of carbonyl (C=O) groups is 1. The van der Waals surface area contributed by atoms with E-state index < -0.39 is 6.16 Å². The molecule has 0 bridgehead atoms. The molecule has 0 spiro atoms. The van der Waals surface area contributed by atoms with Crippen LogP contribution in [0.5, 0.6) is 0 Å². The Morgan fingerprint density at radius 1 is 1.62 bits per heavy atom. The fraction of sp³-hybridized carbons (Fsp3) is 0. The molecule has 2 N–H and O–H groups in total. The van der Waals surface area contributed by atoms with E-state index in [9.17, 15) is 0 Å². The van der Waals surface area contributed by atoms with Gasteiger partial charge in [-0.05, 0) is 0 Å². The van der Waals surface area contributed by atoms with Gasteiger partial charge in [0.25, 0.3) is 0 Å². The van der Waals surface area contributed by atoms with Crippen molar-refractivity contribution in [2.24, 2.45) is 0 Å². The summed E-state index contributed by atoms with van der Waals surface area (Å²) < 4.78 is 0. The minimum absolute atomic E-state index is 0. The summed E-state index contributed by atoms with van der Waals surface area (Å²) in [4.78, 5) is 8.56. The normalized spacial score (nSPS) is 3.88. The SMILES string of the molecule is N#C[S-].O=C(O)O.[Na+]. The van der Waals surface area contributed by atoms with Crippen molar-refractivity contribution >= 4 is 18.8 Å². The molecule has 0 fully saturated rings. The van der Waals surface area contributed by atoms with Crippen LogP contribution in [-0.4, -0.2) is 16.4 Å². The van der Waals surface area contributed by atoms with Gasteiger partial charge < -0.3 is 22.8 Å². The van der Waals surface area contributed by atoms with Crippen molar-refractivity contribution in [1.82, 2.24) is 0 Å².